The molecule has 0 atom stereocenters. The summed E-state index contributed by atoms with van der Waals surface area (Å²) in [7, 11) is 0. The number of halogens is 3. The molecule has 5 heteroatoms. The number of rotatable bonds is 0. The van der Waals surface area contributed by atoms with Gasteiger partial charge in [-0.3, -0.25) is 10.9 Å². The van der Waals surface area contributed by atoms with Gasteiger partial charge in [-0.2, -0.15) is 13.2 Å². The minimum Gasteiger partial charge on any atom is -0.257 e. The summed E-state index contributed by atoms with van der Waals surface area (Å²) in [5.74, 6) is -1.21. The van der Waals surface area contributed by atoms with E-state index in [0.29, 0.717) is 0 Å². The summed E-state index contributed by atoms with van der Waals surface area (Å²) >= 11 is 0. The van der Waals surface area contributed by atoms with Gasteiger partial charge in [-0.05, 0) is 0 Å². The summed E-state index contributed by atoms with van der Waals surface area (Å²) in [4.78, 5) is 0. The SMILES string of the molecule is FC(F)(F)C1CNNC1. The number of hydrogen-bond donors (Lipinski definition) is 2. The van der Waals surface area contributed by atoms with Gasteiger partial charge < -0.3 is 0 Å². The maximum absolute atomic E-state index is 11.7. The molecule has 1 heterocycles. The summed E-state index contributed by atoms with van der Waals surface area (Å²) in [6.07, 6.45) is -4.05. The molecule has 1 aliphatic rings. The van der Waals surface area contributed by atoms with Crippen LogP contribution in [0.3, 0.4) is 0 Å². The van der Waals surface area contributed by atoms with Gasteiger partial charge in [0, 0.05) is 13.1 Å². The van der Waals surface area contributed by atoms with Crippen molar-refractivity contribution in [2.45, 2.75) is 6.18 Å². The number of alkyl halides is 3. The van der Waals surface area contributed by atoms with Crippen LogP contribution in [-0.2, 0) is 0 Å². The maximum Gasteiger partial charge on any atom is 0.394 e. The lowest BCUT2D eigenvalue weighted by Gasteiger charge is -2.10. The van der Waals surface area contributed by atoms with Crippen molar-refractivity contribution in [2.75, 3.05) is 13.1 Å². The molecule has 1 fully saturated rings. The summed E-state index contributed by atoms with van der Waals surface area (Å²) in [6, 6.07) is 0. The zero-order chi connectivity index (χ0) is 6.91. The van der Waals surface area contributed by atoms with Crippen molar-refractivity contribution in [3.63, 3.8) is 0 Å². The second kappa shape index (κ2) is 2.15. The van der Waals surface area contributed by atoms with Crippen LogP contribution in [0.25, 0.3) is 0 Å². The molecule has 9 heavy (non-hydrogen) atoms. The molecule has 0 aromatic carbocycles. The van der Waals surface area contributed by atoms with Gasteiger partial charge in [0.1, 0.15) is 0 Å². The molecule has 0 saturated carbocycles. The third-order valence-electron chi connectivity index (χ3n) is 1.28. The fourth-order valence-corrected chi connectivity index (χ4v) is 0.694. The second-order valence-electron chi connectivity index (χ2n) is 2.00. The van der Waals surface area contributed by atoms with Crippen molar-refractivity contribution >= 4 is 0 Å². The molecule has 1 aliphatic heterocycles. The van der Waals surface area contributed by atoms with Crippen molar-refractivity contribution < 1.29 is 13.2 Å². The Hall–Kier alpha value is -0.290. The van der Waals surface area contributed by atoms with E-state index in [1.165, 1.54) is 0 Å². The summed E-state index contributed by atoms with van der Waals surface area (Å²) in [6.45, 7) is -0.0208. The molecule has 0 aliphatic carbocycles. The summed E-state index contributed by atoms with van der Waals surface area (Å²) < 4.78 is 35.0. The molecule has 0 amide bonds. The van der Waals surface area contributed by atoms with Crippen LogP contribution in [0, 0.1) is 5.92 Å². The van der Waals surface area contributed by atoms with Gasteiger partial charge in [0.05, 0.1) is 5.92 Å². The third kappa shape index (κ3) is 1.56. The zero-order valence-corrected chi connectivity index (χ0v) is 4.63. The molecule has 2 nitrogen and oxygen atoms in total. The highest BCUT2D eigenvalue weighted by Crippen LogP contribution is 2.26. The fraction of sp³-hybridized carbons (Fsp3) is 1.00. The fourth-order valence-electron chi connectivity index (χ4n) is 0.694. The van der Waals surface area contributed by atoms with E-state index in [-0.39, 0.29) is 13.1 Å². The normalized spacial score (nSPS) is 23.0. The standard InChI is InChI=1S/C4H7F3N2/c5-4(6,7)3-1-8-9-2-3/h3,8-9H,1-2H2. The quantitative estimate of drug-likeness (QED) is 0.504. The van der Waals surface area contributed by atoms with Gasteiger partial charge in [0.25, 0.3) is 0 Å². The third-order valence-corrected chi connectivity index (χ3v) is 1.28. The van der Waals surface area contributed by atoms with Crippen LogP contribution in [0.15, 0.2) is 0 Å². The van der Waals surface area contributed by atoms with E-state index in [2.05, 4.69) is 10.9 Å². The van der Waals surface area contributed by atoms with E-state index in [1.807, 2.05) is 0 Å². The number of hydrazine groups is 1. The molecular weight excluding hydrogens is 133 g/mol. The molecule has 0 unspecified atom stereocenters. The van der Waals surface area contributed by atoms with Crippen molar-refractivity contribution in [1.29, 1.82) is 0 Å². The summed E-state index contributed by atoms with van der Waals surface area (Å²) in [5.41, 5.74) is 4.82. The monoisotopic (exact) mass is 140 g/mol. The highest BCUT2D eigenvalue weighted by Gasteiger charge is 2.40. The molecule has 1 rings (SSSR count). The largest absolute Gasteiger partial charge is 0.394 e. The van der Waals surface area contributed by atoms with Gasteiger partial charge in [0.15, 0.2) is 0 Å². The highest BCUT2D eigenvalue weighted by atomic mass is 19.4. The Morgan fingerprint density at radius 1 is 1.11 bits per heavy atom. The predicted molar refractivity (Wildman–Crippen MR) is 25.6 cm³/mol. The van der Waals surface area contributed by atoms with Crippen LogP contribution in [-0.4, -0.2) is 19.3 Å². The minimum atomic E-state index is -4.05. The number of nitrogens with one attached hydrogen (secondary N) is 2. The van der Waals surface area contributed by atoms with Crippen LogP contribution in [0.5, 0.6) is 0 Å². The Morgan fingerprint density at radius 2 is 1.56 bits per heavy atom. The second-order valence-corrected chi connectivity index (χ2v) is 2.00. The Morgan fingerprint density at radius 3 is 1.78 bits per heavy atom. The Kier molecular flexibility index (Phi) is 1.63. The van der Waals surface area contributed by atoms with Gasteiger partial charge in [-0.15, -0.1) is 0 Å². The smallest absolute Gasteiger partial charge is 0.257 e. The van der Waals surface area contributed by atoms with Gasteiger partial charge >= 0.3 is 6.18 Å². The Balaban J connectivity index is 2.42. The van der Waals surface area contributed by atoms with Crippen LogP contribution < -0.4 is 10.9 Å². The molecule has 2 N–H and O–H groups in total. The van der Waals surface area contributed by atoms with E-state index < -0.39 is 12.1 Å². The van der Waals surface area contributed by atoms with E-state index in [9.17, 15) is 13.2 Å². The molecule has 0 radical (unpaired) electrons. The van der Waals surface area contributed by atoms with Gasteiger partial charge in [0.2, 0.25) is 0 Å². The molecular formula is C4H7F3N2. The van der Waals surface area contributed by atoms with E-state index >= 15 is 0 Å². The molecule has 0 aromatic rings. The lowest BCUT2D eigenvalue weighted by molar-refractivity contribution is -0.165. The Bertz CT molecular complexity index is 94.5. The van der Waals surface area contributed by atoms with Crippen LogP contribution >= 0.6 is 0 Å². The molecule has 0 aromatic heterocycles. The Labute approximate surface area is 50.4 Å². The lowest BCUT2D eigenvalue weighted by atomic mass is 10.1. The minimum absolute atomic E-state index is 0.0104. The molecule has 54 valence electrons. The molecule has 1 saturated heterocycles. The molecule has 0 bridgehead atoms. The van der Waals surface area contributed by atoms with Gasteiger partial charge in [-0.25, -0.2) is 0 Å². The summed E-state index contributed by atoms with van der Waals surface area (Å²) in [5, 5.41) is 0. The first kappa shape index (κ1) is 6.82. The van der Waals surface area contributed by atoms with Crippen molar-refractivity contribution in [3.8, 4) is 0 Å². The highest BCUT2D eigenvalue weighted by molar-refractivity contribution is 4.75. The van der Waals surface area contributed by atoms with Crippen molar-refractivity contribution in [2.24, 2.45) is 5.92 Å². The average Bonchev–Trinajstić information content (AvgIpc) is 2.08. The topological polar surface area (TPSA) is 24.1 Å². The zero-order valence-electron chi connectivity index (χ0n) is 4.63. The van der Waals surface area contributed by atoms with E-state index in [1.54, 1.807) is 0 Å². The first-order valence-electron chi connectivity index (χ1n) is 2.63. The van der Waals surface area contributed by atoms with Crippen LogP contribution in [0.2, 0.25) is 0 Å². The molecule has 0 spiro atoms. The van der Waals surface area contributed by atoms with Crippen molar-refractivity contribution in [3.05, 3.63) is 0 Å². The lowest BCUT2D eigenvalue weighted by Crippen LogP contribution is -2.26. The van der Waals surface area contributed by atoms with Gasteiger partial charge in [-0.1, -0.05) is 0 Å². The van der Waals surface area contributed by atoms with Crippen LogP contribution in [0.4, 0.5) is 13.2 Å². The maximum atomic E-state index is 11.7. The van der Waals surface area contributed by atoms with E-state index in [4.69, 9.17) is 0 Å². The first-order chi connectivity index (χ1) is 4.11. The number of hydrogen-bond acceptors (Lipinski definition) is 2. The van der Waals surface area contributed by atoms with Crippen molar-refractivity contribution in [1.82, 2.24) is 10.9 Å². The average molecular weight is 140 g/mol. The predicted octanol–water partition coefficient (Wildman–Crippen LogP) is 0.273. The first-order valence-corrected chi connectivity index (χ1v) is 2.63. The van der Waals surface area contributed by atoms with E-state index in [0.717, 1.165) is 0 Å². The van der Waals surface area contributed by atoms with Crippen LogP contribution in [0.1, 0.15) is 0 Å².